The quantitative estimate of drug-likeness (QED) is 0.647. The maximum atomic E-state index is 14.6. The number of benzene rings is 2. The molecule has 0 aromatic heterocycles. The first kappa shape index (κ1) is 21.0. The number of methoxy groups -OCH3 is 1. The number of hydrazone groups is 1. The average Bonchev–Trinajstić information content (AvgIpc) is 3.39. The summed E-state index contributed by atoms with van der Waals surface area (Å²) in [6, 6.07) is 12.8. The van der Waals surface area contributed by atoms with E-state index in [4.69, 9.17) is 15.6 Å². The van der Waals surface area contributed by atoms with Crippen LogP contribution in [-0.4, -0.2) is 41.6 Å². The second-order valence-electron chi connectivity index (χ2n) is 7.52. The van der Waals surface area contributed by atoms with Gasteiger partial charge in [0.15, 0.2) is 6.29 Å². The Morgan fingerprint density at radius 2 is 2.07 bits per heavy atom. The van der Waals surface area contributed by atoms with Gasteiger partial charge in [-0.05, 0) is 43.1 Å². The molecular weight excluding hydrogens is 408 g/mol. The summed E-state index contributed by atoms with van der Waals surface area (Å²) in [4.78, 5) is 11.1. The molecule has 1 saturated carbocycles. The molecule has 1 aliphatic heterocycles. The normalized spacial score (nSPS) is 27.8. The van der Waals surface area contributed by atoms with Gasteiger partial charge in [0.05, 0.1) is 6.04 Å². The van der Waals surface area contributed by atoms with E-state index in [1.807, 2.05) is 35.3 Å². The zero-order valence-corrected chi connectivity index (χ0v) is 17.4. The number of hydrogen-bond donors (Lipinski definition) is 1. The first-order valence-corrected chi connectivity index (χ1v) is 10.6. The van der Waals surface area contributed by atoms with Gasteiger partial charge in [-0.3, -0.25) is 5.01 Å². The Morgan fingerprint density at radius 1 is 1.30 bits per heavy atom. The molecule has 2 aliphatic rings. The molecule has 3 atom stereocenters. The Kier molecular flexibility index (Phi) is 5.65. The lowest BCUT2D eigenvalue weighted by Crippen LogP contribution is -2.43. The van der Waals surface area contributed by atoms with Gasteiger partial charge in [0, 0.05) is 19.1 Å². The molecule has 0 amide bonds. The molecule has 0 bridgehead atoms. The van der Waals surface area contributed by atoms with E-state index in [9.17, 15) is 13.6 Å². The molecule has 1 fully saturated rings. The van der Waals surface area contributed by atoms with Crippen molar-refractivity contribution in [2.75, 3.05) is 13.7 Å². The second-order valence-corrected chi connectivity index (χ2v) is 8.78. The van der Waals surface area contributed by atoms with Crippen LogP contribution in [0.4, 0.5) is 8.78 Å². The molecule has 0 saturated heterocycles. The molecule has 5 nitrogen and oxygen atoms in total. The molecular formula is C22H23F2N3O2S. The van der Waals surface area contributed by atoms with Crippen molar-refractivity contribution in [1.82, 2.24) is 5.01 Å². The van der Waals surface area contributed by atoms with E-state index < -0.39 is 22.1 Å². The van der Waals surface area contributed by atoms with E-state index in [1.165, 1.54) is 18.9 Å². The molecule has 2 aromatic rings. The van der Waals surface area contributed by atoms with Crippen LogP contribution in [0.5, 0.6) is 0 Å². The van der Waals surface area contributed by atoms with Crippen LogP contribution in [0, 0.1) is 11.6 Å². The first-order chi connectivity index (χ1) is 14.5. The van der Waals surface area contributed by atoms with E-state index in [-0.39, 0.29) is 11.6 Å². The van der Waals surface area contributed by atoms with Gasteiger partial charge in [-0.2, -0.15) is 5.10 Å². The molecule has 2 aromatic carbocycles. The van der Waals surface area contributed by atoms with Crippen molar-refractivity contribution in [2.45, 2.75) is 35.8 Å². The van der Waals surface area contributed by atoms with Gasteiger partial charge in [0.2, 0.25) is 0 Å². The highest BCUT2D eigenvalue weighted by Gasteiger charge is 2.64. The monoisotopic (exact) mass is 431 g/mol. The highest BCUT2D eigenvalue weighted by Crippen LogP contribution is 2.57. The van der Waals surface area contributed by atoms with Gasteiger partial charge < -0.3 is 15.3 Å². The summed E-state index contributed by atoms with van der Waals surface area (Å²) in [6.45, 7) is 0.473. The lowest BCUT2D eigenvalue weighted by atomic mass is 10.00. The molecule has 1 heterocycles. The SMILES string of the molecule is COC1(C=O)CC1N1N=C(c2cc(F)ccc2F)SC1(CCCN)c1ccccc1. The van der Waals surface area contributed by atoms with Crippen molar-refractivity contribution < 1.29 is 18.3 Å². The fourth-order valence-corrected chi connectivity index (χ4v) is 5.45. The van der Waals surface area contributed by atoms with Crippen molar-refractivity contribution in [2.24, 2.45) is 10.8 Å². The van der Waals surface area contributed by atoms with Crippen molar-refractivity contribution in [3.63, 3.8) is 0 Å². The lowest BCUT2D eigenvalue weighted by molar-refractivity contribution is -0.120. The predicted molar refractivity (Wildman–Crippen MR) is 113 cm³/mol. The number of nitrogens with zero attached hydrogens (tertiary/aromatic N) is 2. The number of carbonyl (C=O) groups excluding carboxylic acids is 1. The molecule has 2 N–H and O–H groups in total. The number of hydrogen-bond acceptors (Lipinski definition) is 6. The van der Waals surface area contributed by atoms with E-state index in [2.05, 4.69) is 0 Å². The highest BCUT2D eigenvalue weighted by molar-refractivity contribution is 8.15. The maximum absolute atomic E-state index is 14.6. The summed E-state index contributed by atoms with van der Waals surface area (Å²) in [5.74, 6) is -1.08. The zero-order valence-electron chi connectivity index (χ0n) is 16.6. The molecule has 158 valence electrons. The standard InChI is InChI=1S/C22H23F2N3O2S/c1-29-21(14-28)13-19(21)27-22(10-5-11-25,15-6-3-2-4-7-15)30-20(26-27)17-12-16(23)8-9-18(17)24/h2-4,6-9,12,14,19H,5,10-11,13,25H2,1H3. The van der Waals surface area contributed by atoms with Gasteiger partial charge in [0.25, 0.3) is 0 Å². The lowest BCUT2D eigenvalue weighted by Gasteiger charge is -2.38. The molecule has 30 heavy (non-hydrogen) atoms. The van der Waals surface area contributed by atoms with Crippen LogP contribution in [0.2, 0.25) is 0 Å². The van der Waals surface area contributed by atoms with Crippen LogP contribution in [-0.2, 0) is 14.4 Å². The van der Waals surface area contributed by atoms with Gasteiger partial charge in [-0.1, -0.05) is 42.1 Å². The Hall–Kier alpha value is -2.29. The molecule has 3 unspecified atom stereocenters. The fourth-order valence-electron chi connectivity index (χ4n) is 3.97. The average molecular weight is 432 g/mol. The summed E-state index contributed by atoms with van der Waals surface area (Å²) in [6.07, 6.45) is 2.60. The molecule has 8 heteroatoms. The number of carbonyl (C=O) groups is 1. The minimum absolute atomic E-state index is 0.102. The summed E-state index contributed by atoms with van der Waals surface area (Å²) in [5, 5.41) is 6.94. The third-order valence-corrected chi connectivity index (χ3v) is 7.19. The summed E-state index contributed by atoms with van der Waals surface area (Å²) >= 11 is 1.37. The second kappa shape index (κ2) is 8.09. The van der Waals surface area contributed by atoms with Crippen molar-refractivity contribution >= 4 is 23.1 Å². The summed E-state index contributed by atoms with van der Waals surface area (Å²) in [7, 11) is 1.50. The topological polar surface area (TPSA) is 67.9 Å². The fraction of sp³-hybridized carbons (Fsp3) is 0.364. The largest absolute Gasteiger partial charge is 0.368 e. The smallest absolute Gasteiger partial charge is 0.154 e. The van der Waals surface area contributed by atoms with Crippen LogP contribution in [0.25, 0.3) is 0 Å². The Balaban J connectivity index is 1.84. The summed E-state index contributed by atoms with van der Waals surface area (Å²) < 4.78 is 34.0. The van der Waals surface area contributed by atoms with E-state index >= 15 is 0 Å². The number of aldehydes is 1. The molecule has 1 aliphatic carbocycles. The van der Waals surface area contributed by atoms with Gasteiger partial charge in [0.1, 0.15) is 27.2 Å². The zero-order chi connectivity index (χ0) is 21.4. The van der Waals surface area contributed by atoms with Gasteiger partial charge >= 0.3 is 0 Å². The minimum Gasteiger partial charge on any atom is -0.368 e. The third kappa shape index (κ3) is 3.42. The number of halogens is 2. The van der Waals surface area contributed by atoms with Crippen LogP contribution in [0.15, 0.2) is 53.6 Å². The number of thioether (sulfide) groups is 1. The van der Waals surface area contributed by atoms with Crippen LogP contribution < -0.4 is 5.73 Å². The Labute approximate surface area is 178 Å². The van der Waals surface area contributed by atoms with E-state index in [0.29, 0.717) is 30.9 Å². The first-order valence-electron chi connectivity index (χ1n) is 9.79. The van der Waals surface area contributed by atoms with Crippen LogP contribution >= 0.6 is 11.8 Å². The summed E-state index contributed by atoms with van der Waals surface area (Å²) in [5.41, 5.74) is 5.93. The van der Waals surface area contributed by atoms with Crippen molar-refractivity contribution in [3.8, 4) is 0 Å². The minimum atomic E-state index is -0.956. The van der Waals surface area contributed by atoms with Gasteiger partial charge in [-0.25, -0.2) is 8.78 Å². The number of ether oxygens (including phenoxy) is 1. The van der Waals surface area contributed by atoms with Crippen LogP contribution in [0.3, 0.4) is 0 Å². The van der Waals surface area contributed by atoms with Crippen molar-refractivity contribution in [1.29, 1.82) is 0 Å². The molecule has 0 spiro atoms. The van der Waals surface area contributed by atoms with Crippen LogP contribution in [0.1, 0.15) is 30.4 Å². The Bertz CT molecular complexity index is 974. The van der Waals surface area contributed by atoms with E-state index in [0.717, 1.165) is 30.0 Å². The highest BCUT2D eigenvalue weighted by atomic mass is 32.2. The number of nitrogens with two attached hydrogens (primary N) is 1. The predicted octanol–water partition coefficient (Wildman–Crippen LogP) is 3.62. The molecule has 4 rings (SSSR count). The molecule has 0 radical (unpaired) electrons. The van der Waals surface area contributed by atoms with E-state index in [1.54, 1.807) is 0 Å². The third-order valence-electron chi connectivity index (χ3n) is 5.73. The Morgan fingerprint density at radius 3 is 2.70 bits per heavy atom. The van der Waals surface area contributed by atoms with Gasteiger partial charge in [-0.15, -0.1) is 0 Å². The number of rotatable bonds is 8. The van der Waals surface area contributed by atoms with Crippen molar-refractivity contribution in [3.05, 3.63) is 71.3 Å². The maximum Gasteiger partial charge on any atom is 0.154 e.